The predicted molar refractivity (Wildman–Crippen MR) is 97.8 cm³/mol. The van der Waals surface area contributed by atoms with Crippen LogP contribution >= 0.6 is 11.3 Å². The molecule has 4 nitrogen and oxygen atoms in total. The number of hydrogen-bond donors (Lipinski definition) is 1. The molecular formula is C19H20N2O2S. The highest BCUT2D eigenvalue weighted by atomic mass is 32.1. The summed E-state index contributed by atoms with van der Waals surface area (Å²) in [5.41, 5.74) is 2.68. The van der Waals surface area contributed by atoms with Crippen LogP contribution in [-0.4, -0.2) is 10.9 Å². The normalized spacial score (nSPS) is 11.0. The number of carbonyl (C=O) groups excluding carboxylic acids is 1. The van der Waals surface area contributed by atoms with Crippen LogP contribution in [0.4, 0.5) is 5.69 Å². The number of nitrogens with zero attached hydrogens (tertiary/aromatic N) is 1. The molecule has 0 saturated carbocycles. The molecule has 0 aliphatic heterocycles. The number of benzene rings is 1. The van der Waals surface area contributed by atoms with E-state index < -0.39 is 0 Å². The van der Waals surface area contributed by atoms with Gasteiger partial charge in [-0.1, -0.05) is 32.0 Å². The summed E-state index contributed by atoms with van der Waals surface area (Å²) in [7, 11) is 0. The lowest BCUT2D eigenvalue weighted by Gasteiger charge is -2.13. The second-order valence-corrected chi connectivity index (χ2v) is 7.04. The van der Waals surface area contributed by atoms with Crippen LogP contribution in [-0.2, 0) is 0 Å². The maximum Gasteiger partial charge on any atom is 0.267 e. The number of thiazole rings is 1. The first-order valence-electron chi connectivity index (χ1n) is 7.90. The van der Waals surface area contributed by atoms with Crippen LogP contribution in [0.15, 0.2) is 40.8 Å². The molecule has 124 valence electrons. The second kappa shape index (κ2) is 6.61. The summed E-state index contributed by atoms with van der Waals surface area (Å²) in [6, 6.07) is 11.7. The van der Waals surface area contributed by atoms with Crippen molar-refractivity contribution in [2.75, 3.05) is 5.32 Å². The zero-order valence-corrected chi connectivity index (χ0v) is 15.0. The van der Waals surface area contributed by atoms with Gasteiger partial charge in [0.25, 0.3) is 5.91 Å². The molecule has 0 unspecified atom stereocenters. The molecule has 24 heavy (non-hydrogen) atoms. The third-order valence-electron chi connectivity index (χ3n) is 3.78. The molecule has 0 spiro atoms. The highest BCUT2D eigenvalue weighted by Crippen LogP contribution is 2.30. The van der Waals surface area contributed by atoms with E-state index in [1.165, 1.54) is 11.3 Å². The Morgan fingerprint density at radius 1 is 1.17 bits per heavy atom. The van der Waals surface area contributed by atoms with Crippen LogP contribution in [0.1, 0.15) is 46.5 Å². The van der Waals surface area contributed by atoms with Crippen LogP contribution in [0.3, 0.4) is 0 Å². The van der Waals surface area contributed by atoms with Crippen molar-refractivity contribution in [3.63, 3.8) is 0 Å². The Hall–Kier alpha value is -2.40. The number of rotatable bonds is 4. The van der Waals surface area contributed by atoms with Crippen LogP contribution in [0.5, 0.6) is 0 Å². The second-order valence-electron chi connectivity index (χ2n) is 6.04. The fourth-order valence-corrected chi connectivity index (χ4v) is 3.48. The first kappa shape index (κ1) is 16.5. The van der Waals surface area contributed by atoms with Gasteiger partial charge in [0.1, 0.15) is 10.6 Å². The summed E-state index contributed by atoms with van der Waals surface area (Å²) in [6.45, 7) is 7.96. The van der Waals surface area contributed by atoms with E-state index in [9.17, 15) is 4.79 Å². The molecule has 5 heteroatoms. The lowest BCUT2D eigenvalue weighted by atomic mass is 10.0. The molecule has 0 radical (unpaired) electrons. The lowest BCUT2D eigenvalue weighted by Crippen LogP contribution is -2.13. The smallest absolute Gasteiger partial charge is 0.267 e. The number of aryl methyl sites for hydroxylation is 2. The Morgan fingerprint density at radius 2 is 1.92 bits per heavy atom. The molecule has 0 aliphatic rings. The van der Waals surface area contributed by atoms with E-state index in [0.717, 1.165) is 22.0 Å². The van der Waals surface area contributed by atoms with Gasteiger partial charge in [-0.25, -0.2) is 4.98 Å². The SMILES string of the molecule is Cc1ccc(-c2nc(C)c(C(=O)Nc3ccccc3C(C)C)s2)o1. The topological polar surface area (TPSA) is 55.1 Å². The van der Waals surface area contributed by atoms with Gasteiger partial charge >= 0.3 is 0 Å². The molecular weight excluding hydrogens is 320 g/mol. The minimum absolute atomic E-state index is 0.132. The van der Waals surface area contributed by atoms with Crippen molar-refractivity contribution in [3.8, 4) is 10.8 Å². The van der Waals surface area contributed by atoms with E-state index in [1.54, 1.807) is 0 Å². The van der Waals surface area contributed by atoms with Gasteiger partial charge in [-0.2, -0.15) is 0 Å². The molecule has 1 amide bonds. The Balaban J connectivity index is 1.87. The van der Waals surface area contributed by atoms with E-state index in [1.807, 2.05) is 50.2 Å². The number of para-hydroxylation sites is 1. The molecule has 2 aromatic heterocycles. The van der Waals surface area contributed by atoms with Crippen molar-refractivity contribution in [2.24, 2.45) is 0 Å². The van der Waals surface area contributed by atoms with Crippen LogP contribution < -0.4 is 5.32 Å². The summed E-state index contributed by atoms with van der Waals surface area (Å²) in [5.74, 6) is 1.73. The standard InChI is InChI=1S/C19H20N2O2S/c1-11(2)14-7-5-6-8-15(14)21-18(22)17-13(4)20-19(24-17)16-10-9-12(3)23-16/h5-11H,1-4H3,(H,21,22). The number of nitrogens with one attached hydrogen (secondary N) is 1. The van der Waals surface area contributed by atoms with E-state index >= 15 is 0 Å². The molecule has 3 aromatic rings. The first-order valence-corrected chi connectivity index (χ1v) is 8.72. The maximum atomic E-state index is 12.7. The number of carbonyl (C=O) groups is 1. The van der Waals surface area contributed by atoms with Crippen molar-refractivity contribution >= 4 is 22.9 Å². The van der Waals surface area contributed by atoms with Gasteiger partial charge in [0.2, 0.25) is 0 Å². The minimum Gasteiger partial charge on any atom is -0.459 e. The molecule has 0 saturated heterocycles. The van der Waals surface area contributed by atoms with E-state index in [-0.39, 0.29) is 5.91 Å². The quantitative estimate of drug-likeness (QED) is 0.692. The van der Waals surface area contributed by atoms with E-state index in [4.69, 9.17) is 4.42 Å². The third-order valence-corrected chi connectivity index (χ3v) is 4.96. The number of aromatic nitrogens is 1. The van der Waals surface area contributed by atoms with E-state index in [0.29, 0.717) is 22.2 Å². The molecule has 0 aliphatic carbocycles. The molecule has 1 aromatic carbocycles. The first-order chi connectivity index (χ1) is 11.5. The van der Waals surface area contributed by atoms with Gasteiger partial charge < -0.3 is 9.73 Å². The van der Waals surface area contributed by atoms with Crippen molar-refractivity contribution < 1.29 is 9.21 Å². The maximum absolute atomic E-state index is 12.7. The zero-order valence-electron chi connectivity index (χ0n) is 14.2. The molecule has 0 bridgehead atoms. The summed E-state index contributed by atoms with van der Waals surface area (Å²) in [4.78, 5) is 17.8. The molecule has 1 N–H and O–H groups in total. The monoisotopic (exact) mass is 340 g/mol. The molecule has 0 atom stereocenters. The van der Waals surface area contributed by atoms with Gasteiger partial charge in [0, 0.05) is 5.69 Å². The third kappa shape index (κ3) is 3.26. The Labute approximate surface area is 145 Å². The van der Waals surface area contributed by atoms with Crippen LogP contribution in [0.2, 0.25) is 0 Å². The molecule has 2 heterocycles. The highest BCUT2D eigenvalue weighted by molar-refractivity contribution is 7.17. The Kier molecular flexibility index (Phi) is 4.53. The summed E-state index contributed by atoms with van der Waals surface area (Å²) in [6.07, 6.45) is 0. The van der Waals surface area contributed by atoms with Gasteiger partial charge in [0.15, 0.2) is 10.8 Å². The molecule has 3 rings (SSSR count). The van der Waals surface area contributed by atoms with E-state index in [2.05, 4.69) is 24.1 Å². The number of anilines is 1. The fraction of sp³-hybridized carbons (Fsp3) is 0.263. The minimum atomic E-state index is -0.132. The lowest BCUT2D eigenvalue weighted by molar-refractivity contribution is 0.102. The van der Waals surface area contributed by atoms with Crippen LogP contribution in [0.25, 0.3) is 10.8 Å². The Bertz CT molecular complexity index is 877. The number of hydrogen-bond acceptors (Lipinski definition) is 4. The fourth-order valence-electron chi connectivity index (χ4n) is 2.56. The van der Waals surface area contributed by atoms with Crippen LogP contribution in [0, 0.1) is 13.8 Å². The zero-order chi connectivity index (χ0) is 17.3. The van der Waals surface area contributed by atoms with Crippen molar-refractivity contribution in [1.29, 1.82) is 0 Å². The van der Waals surface area contributed by atoms with Gasteiger partial charge in [-0.3, -0.25) is 4.79 Å². The van der Waals surface area contributed by atoms with Gasteiger partial charge in [-0.15, -0.1) is 11.3 Å². The predicted octanol–water partition coefficient (Wildman–Crippen LogP) is 5.40. The van der Waals surface area contributed by atoms with Crippen molar-refractivity contribution in [1.82, 2.24) is 4.98 Å². The van der Waals surface area contributed by atoms with Crippen molar-refractivity contribution in [3.05, 3.63) is 58.3 Å². The number of furan rings is 1. The van der Waals surface area contributed by atoms with Gasteiger partial charge in [-0.05, 0) is 43.5 Å². The Morgan fingerprint density at radius 3 is 2.58 bits per heavy atom. The average Bonchev–Trinajstić information content (AvgIpc) is 3.13. The summed E-state index contributed by atoms with van der Waals surface area (Å²) < 4.78 is 5.60. The average molecular weight is 340 g/mol. The largest absolute Gasteiger partial charge is 0.459 e. The van der Waals surface area contributed by atoms with Crippen molar-refractivity contribution in [2.45, 2.75) is 33.6 Å². The summed E-state index contributed by atoms with van der Waals surface area (Å²) >= 11 is 1.35. The highest BCUT2D eigenvalue weighted by Gasteiger charge is 2.19. The summed E-state index contributed by atoms with van der Waals surface area (Å²) in [5, 5.41) is 3.74. The number of amides is 1. The molecule has 0 fully saturated rings. The van der Waals surface area contributed by atoms with Gasteiger partial charge in [0.05, 0.1) is 5.69 Å².